The summed E-state index contributed by atoms with van der Waals surface area (Å²) in [5.41, 5.74) is 7.19. The van der Waals surface area contributed by atoms with E-state index in [0.29, 0.717) is 17.4 Å². The molecule has 112 valence electrons. The number of nitrogens with one attached hydrogen (secondary N) is 1. The Kier molecular flexibility index (Phi) is 5.50. The van der Waals surface area contributed by atoms with Gasteiger partial charge in [-0.1, -0.05) is 39.0 Å². The van der Waals surface area contributed by atoms with Crippen molar-refractivity contribution in [3.05, 3.63) is 18.0 Å². The number of carbonyl (C=O) groups excluding carboxylic acids is 1. The zero-order valence-corrected chi connectivity index (χ0v) is 12.5. The second-order valence-corrected chi connectivity index (χ2v) is 5.87. The summed E-state index contributed by atoms with van der Waals surface area (Å²) in [6.45, 7) is 2.94. The molecule has 0 bridgehead atoms. The maximum absolute atomic E-state index is 12.4. The Morgan fingerprint density at radius 2 is 1.95 bits per heavy atom. The van der Waals surface area contributed by atoms with Crippen molar-refractivity contribution in [3.63, 3.8) is 0 Å². The van der Waals surface area contributed by atoms with Gasteiger partial charge in [0.1, 0.15) is 5.69 Å². The van der Waals surface area contributed by atoms with Crippen LogP contribution in [0.25, 0.3) is 0 Å². The molecule has 1 aromatic heterocycles. The fraction of sp³-hybridized carbons (Fsp3) is 0.688. The number of anilines is 1. The number of hydrogen-bond donors (Lipinski definition) is 2. The molecular weight excluding hydrogens is 250 g/mol. The van der Waals surface area contributed by atoms with Crippen LogP contribution in [0.15, 0.2) is 12.3 Å². The first-order chi connectivity index (χ1) is 9.70. The normalized spacial score (nSPS) is 17.4. The highest BCUT2D eigenvalue weighted by molar-refractivity contribution is 5.94. The van der Waals surface area contributed by atoms with Crippen molar-refractivity contribution in [3.8, 4) is 0 Å². The standard InChI is InChI=1S/C16H27N3O/c1-2-10-19-12-13(17)11-15(19)16(20)18-14-8-6-4-3-5-7-9-14/h11-12,14H,2-10,17H2,1H3,(H,18,20). The molecule has 20 heavy (non-hydrogen) atoms. The minimum absolute atomic E-state index is 0.0284. The third-order valence-electron chi connectivity index (χ3n) is 4.06. The van der Waals surface area contributed by atoms with Gasteiger partial charge >= 0.3 is 0 Å². The highest BCUT2D eigenvalue weighted by Gasteiger charge is 2.18. The Bertz CT molecular complexity index is 431. The van der Waals surface area contributed by atoms with Crippen molar-refractivity contribution in [2.24, 2.45) is 0 Å². The molecule has 0 radical (unpaired) electrons. The van der Waals surface area contributed by atoms with E-state index < -0.39 is 0 Å². The zero-order chi connectivity index (χ0) is 14.4. The number of rotatable bonds is 4. The van der Waals surface area contributed by atoms with Gasteiger partial charge in [-0.15, -0.1) is 0 Å². The van der Waals surface area contributed by atoms with E-state index in [4.69, 9.17) is 5.73 Å². The third kappa shape index (κ3) is 4.02. The molecule has 1 aromatic rings. The highest BCUT2D eigenvalue weighted by Crippen LogP contribution is 2.18. The largest absolute Gasteiger partial charge is 0.397 e. The van der Waals surface area contributed by atoms with Crippen molar-refractivity contribution in [2.45, 2.75) is 70.9 Å². The van der Waals surface area contributed by atoms with Gasteiger partial charge in [0.15, 0.2) is 0 Å². The molecule has 2 rings (SSSR count). The maximum Gasteiger partial charge on any atom is 0.268 e. The summed E-state index contributed by atoms with van der Waals surface area (Å²) in [6, 6.07) is 2.11. The summed E-state index contributed by atoms with van der Waals surface area (Å²) in [6.07, 6.45) is 11.5. The molecule has 0 atom stereocenters. The first kappa shape index (κ1) is 14.9. The zero-order valence-electron chi connectivity index (χ0n) is 12.5. The van der Waals surface area contributed by atoms with Gasteiger partial charge in [-0.05, 0) is 25.3 Å². The van der Waals surface area contributed by atoms with Crippen molar-refractivity contribution >= 4 is 11.6 Å². The van der Waals surface area contributed by atoms with Gasteiger partial charge in [-0.2, -0.15) is 0 Å². The van der Waals surface area contributed by atoms with Gasteiger partial charge < -0.3 is 15.6 Å². The van der Waals surface area contributed by atoms with Crippen LogP contribution in [0.4, 0.5) is 5.69 Å². The summed E-state index contributed by atoms with van der Waals surface area (Å²) in [4.78, 5) is 12.4. The molecule has 1 amide bonds. The number of nitrogens with zero attached hydrogens (tertiary/aromatic N) is 1. The fourth-order valence-corrected chi connectivity index (χ4v) is 3.01. The first-order valence-corrected chi connectivity index (χ1v) is 7.97. The molecule has 1 aliphatic rings. The number of aryl methyl sites for hydroxylation is 1. The van der Waals surface area contributed by atoms with E-state index in [1.54, 1.807) is 6.07 Å². The lowest BCUT2D eigenvalue weighted by Crippen LogP contribution is -2.36. The van der Waals surface area contributed by atoms with E-state index >= 15 is 0 Å². The summed E-state index contributed by atoms with van der Waals surface area (Å²) < 4.78 is 1.97. The van der Waals surface area contributed by atoms with Gasteiger partial charge in [-0.3, -0.25) is 4.79 Å². The second kappa shape index (κ2) is 7.36. The van der Waals surface area contributed by atoms with Crippen LogP contribution in [0.5, 0.6) is 0 Å². The molecule has 1 aliphatic carbocycles. The van der Waals surface area contributed by atoms with E-state index in [2.05, 4.69) is 12.2 Å². The lowest BCUT2D eigenvalue weighted by atomic mass is 9.96. The van der Waals surface area contributed by atoms with Crippen molar-refractivity contribution in [1.82, 2.24) is 9.88 Å². The molecular formula is C16H27N3O. The Hall–Kier alpha value is -1.45. The fourth-order valence-electron chi connectivity index (χ4n) is 3.01. The summed E-state index contributed by atoms with van der Waals surface area (Å²) in [5.74, 6) is 0.0284. The number of nitrogens with two attached hydrogens (primary N) is 1. The third-order valence-corrected chi connectivity index (χ3v) is 4.06. The molecule has 4 heteroatoms. The monoisotopic (exact) mass is 277 g/mol. The molecule has 1 fully saturated rings. The number of carbonyl (C=O) groups is 1. The first-order valence-electron chi connectivity index (χ1n) is 7.97. The average Bonchev–Trinajstić information content (AvgIpc) is 2.74. The molecule has 1 heterocycles. The van der Waals surface area contributed by atoms with Crippen LogP contribution < -0.4 is 11.1 Å². The van der Waals surface area contributed by atoms with Crippen LogP contribution in [0, 0.1) is 0 Å². The summed E-state index contributed by atoms with van der Waals surface area (Å²) in [5, 5.41) is 3.20. The SMILES string of the molecule is CCCn1cc(N)cc1C(=O)NC1CCCCCCC1. The molecule has 4 nitrogen and oxygen atoms in total. The van der Waals surface area contributed by atoms with Gasteiger partial charge in [0.05, 0.1) is 5.69 Å². The quantitative estimate of drug-likeness (QED) is 0.887. The number of aromatic nitrogens is 1. The van der Waals surface area contributed by atoms with Crippen molar-refractivity contribution < 1.29 is 4.79 Å². The second-order valence-electron chi connectivity index (χ2n) is 5.87. The number of nitrogen functional groups attached to an aromatic ring is 1. The molecule has 0 aromatic carbocycles. The van der Waals surface area contributed by atoms with E-state index in [0.717, 1.165) is 25.8 Å². The number of amides is 1. The van der Waals surface area contributed by atoms with Crippen LogP contribution in [0.2, 0.25) is 0 Å². The van der Waals surface area contributed by atoms with Gasteiger partial charge in [-0.25, -0.2) is 0 Å². The summed E-state index contributed by atoms with van der Waals surface area (Å²) in [7, 11) is 0. The predicted octanol–water partition coefficient (Wildman–Crippen LogP) is 3.32. The molecule has 0 aliphatic heterocycles. The molecule has 0 saturated heterocycles. The highest BCUT2D eigenvalue weighted by atomic mass is 16.2. The predicted molar refractivity (Wildman–Crippen MR) is 82.7 cm³/mol. The molecule has 0 spiro atoms. The lowest BCUT2D eigenvalue weighted by molar-refractivity contribution is 0.0921. The van der Waals surface area contributed by atoms with Crippen LogP contribution >= 0.6 is 0 Å². The molecule has 0 unspecified atom stereocenters. The lowest BCUT2D eigenvalue weighted by Gasteiger charge is -2.21. The smallest absolute Gasteiger partial charge is 0.268 e. The Balaban J connectivity index is 1.99. The average molecular weight is 277 g/mol. The Morgan fingerprint density at radius 1 is 1.30 bits per heavy atom. The Labute approximate surface area is 121 Å². The number of hydrogen-bond acceptors (Lipinski definition) is 2. The van der Waals surface area contributed by atoms with Crippen LogP contribution in [0.3, 0.4) is 0 Å². The van der Waals surface area contributed by atoms with Gasteiger partial charge in [0, 0.05) is 18.8 Å². The minimum atomic E-state index is 0.0284. The topological polar surface area (TPSA) is 60.0 Å². The van der Waals surface area contributed by atoms with E-state index in [1.807, 2.05) is 10.8 Å². The van der Waals surface area contributed by atoms with Crippen LogP contribution in [0.1, 0.15) is 68.8 Å². The Morgan fingerprint density at radius 3 is 2.60 bits per heavy atom. The van der Waals surface area contributed by atoms with Gasteiger partial charge in [0.2, 0.25) is 0 Å². The van der Waals surface area contributed by atoms with E-state index in [1.165, 1.54) is 32.1 Å². The van der Waals surface area contributed by atoms with E-state index in [9.17, 15) is 4.79 Å². The summed E-state index contributed by atoms with van der Waals surface area (Å²) >= 11 is 0. The van der Waals surface area contributed by atoms with Crippen molar-refractivity contribution in [2.75, 3.05) is 5.73 Å². The minimum Gasteiger partial charge on any atom is -0.397 e. The van der Waals surface area contributed by atoms with Crippen LogP contribution in [-0.2, 0) is 6.54 Å². The molecule has 1 saturated carbocycles. The van der Waals surface area contributed by atoms with Crippen molar-refractivity contribution in [1.29, 1.82) is 0 Å². The van der Waals surface area contributed by atoms with Gasteiger partial charge in [0.25, 0.3) is 5.91 Å². The van der Waals surface area contributed by atoms with Crippen LogP contribution in [-0.4, -0.2) is 16.5 Å². The maximum atomic E-state index is 12.4. The van der Waals surface area contributed by atoms with E-state index in [-0.39, 0.29) is 5.91 Å². The molecule has 3 N–H and O–H groups in total.